The third kappa shape index (κ3) is 4.32. The summed E-state index contributed by atoms with van der Waals surface area (Å²) in [5.41, 5.74) is 1.27. The zero-order valence-corrected chi connectivity index (χ0v) is 17.4. The van der Waals surface area contributed by atoms with Crippen molar-refractivity contribution in [1.29, 1.82) is 0 Å². The number of para-hydroxylation sites is 1. The van der Waals surface area contributed by atoms with E-state index in [1.165, 1.54) is 10.4 Å². The van der Waals surface area contributed by atoms with E-state index in [2.05, 4.69) is 5.32 Å². The van der Waals surface area contributed by atoms with Gasteiger partial charge >= 0.3 is 0 Å². The normalized spacial score (nSPS) is 17.9. The Kier molecular flexibility index (Phi) is 6.27. The van der Waals surface area contributed by atoms with Gasteiger partial charge in [0.1, 0.15) is 5.75 Å². The van der Waals surface area contributed by atoms with Crippen LogP contribution in [0, 0.1) is 12.8 Å². The zero-order valence-electron chi connectivity index (χ0n) is 15.8. The summed E-state index contributed by atoms with van der Waals surface area (Å²) < 4.78 is 32.7. The number of carbonyl (C=O) groups excluding carboxylic acids is 1. The summed E-state index contributed by atoms with van der Waals surface area (Å²) in [5.74, 6) is -0.0207. The fourth-order valence-electron chi connectivity index (χ4n) is 3.33. The second-order valence-electron chi connectivity index (χ2n) is 6.80. The predicted octanol–water partition coefficient (Wildman–Crippen LogP) is 3.70. The summed E-state index contributed by atoms with van der Waals surface area (Å²) in [6, 6.07) is 11.8. The number of rotatable bonds is 5. The third-order valence-corrected chi connectivity index (χ3v) is 7.08. The minimum atomic E-state index is -3.69. The van der Waals surface area contributed by atoms with E-state index in [1.54, 1.807) is 50.4 Å². The second-order valence-corrected chi connectivity index (χ2v) is 9.15. The number of hydrogen-bond donors (Lipinski definition) is 1. The molecule has 2 aromatic carbocycles. The highest BCUT2D eigenvalue weighted by atomic mass is 35.5. The van der Waals surface area contributed by atoms with Crippen LogP contribution in [0.3, 0.4) is 0 Å². The van der Waals surface area contributed by atoms with Crippen LogP contribution < -0.4 is 10.1 Å². The molecule has 1 fully saturated rings. The van der Waals surface area contributed by atoms with Crippen LogP contribution in [0.5, 0.6) is 5.75 Å². The van der Waals surface area contributed by atoms with Crippen molar-refractivity contribution in [3.8, 4) is 5.75 Å². The number of amides is 1. The van der Waals surface area contributed by atoms with E-state index in [0.717, 1.165) is 5.56 Å². The van der Waals surface area contributed by atoms with E-state index < -0.39 is 15.9 Å². The Morgan fingerprint density at radius 1 is 1.25 bits per heavy atom. The van der Waals surface area contributed by atoms with E-state index in [-0.39, 0.29) is 17.3 Å². The van der Waals surface area contributed by atoms with Gasteiger partial charge in [-0.25, -0.2) is 8.42 Å². The van der Waals surface area contributed by atoms with Crippen LogP contribution in [0.15, 0.2) is 47.4 Å². The van der Waals surface area contributed by atoms with Crippen LogP contribution in [0.1, 0.15) is 18.4 Å². The molecule has 0 spiro atoms. The molecule has 1 N–H and O–H groups in total. The molecule has 150 valence electrons. The molecule has 1 aliphatic rings. The van der Waals surface area contributed by atoms with Gasteiger partial charge in [-0.15, -0.1) is 0 Å². The van der Waals surface area contributed by atoms with Gasteiger partial charge in [0.15, 0.2) is 0 Å². The van der Waals surface area contributed by atoms with Gasteiger partial charge in [-0.2, -0.15) is 4.31 Å². The monoisotopic (exact) mass is 422 g/mol. The molecule has 28 heavy (non-hydrogen) atoms. The molecule has 0 aromatic heterocycles. The minimum absolute atomic E-state index is 0.143. The highest BCUT2D eigenvalue weighted by Gasteiger charge is 2.33. The lowest BCUT2D eigenvalue weighted by atomic mass is 9.99. The number of carbonyl (C=O) groups is 1. The Labute approximate surface area is 170 Å². The van der Waals surface area contributed by atoms with Gasteiger partial charge in [0.2, 0.25) is 15.9 Å². The number of benzene rings is 2. The molecule has 2 aromatic rings. The van der Waals surface area contributed by atoms with E-state index in [0.29, 0.717) is 35.8 Å². The number of aryl methyl sites for hydroxylation is 1. The minimum Gasteiger partial charge on any atom is -0.496 e. The first-order chi connectivity index (χ1) is 13.3. The maximum absolute atomic E-state index is 13.1. The fourth-order valence-corrected chi connectivity index (χ4v) is 5.13. The maximum atomic E-state index is 13.1. The van der Waals surface area contributed by atoms with Crippen LogP contribution in [0.25, 0.3) is 0 Å². The van der Waals surface area contributed by atoms with E-state index >= 15 is 0 Å². The quantitative estimate of drug-likeness (QED) is 0.797. The highest BCUT2D eigenvalue weighted by molar-refractivity contribution is 7.89. The third-order valence-electron chi connectivity index (χ3n) is 4.89. The van der Waals surface area contributed by atoms with Crippen molar-refractivity contribution in [2.24, 2.45) is 5.92 Å². The topological polar surface area (TPSA) is 75.7 Å². The van der Waals surface area contributed by atoms with Crippen molar-refractivity contribution < 1.29 is 17.9 Å². The number of nitrogens with one attached hydrogen (secondary N) is 1. The molecule has 1 amide bonds. The summed E-state index contributed by atoms with van der Waals surface area (Å²) in [4.78, 5) is 12.9. The van der Waals surface area contributed by atoms with Gasteiger partial charge in [-0.3, -0.25) is 4.79 Å². The smallest absolute Gasteiger partial charge is 0.243 e. The number of ether oxygens (including phenoxy) is 1. The Balaban J connectivity index is 1.76. The summed E-state index contributed by atoms with van der Waals surface area (Å²) in [7, 11) is -2.14. The molecule has 0 unspecified atom stereocenters. The Morgan fingerprint density at radius 3 is 2.68 bits per heavy atom. The number of anilines is 1. The van der Waals surface area contributed by atoms with Crippen LogP contribution in [-0.2, 0) is 14.8 Å². The molecule has 1 aliphatic heterocycles. The van der Waals surface area contributed by atoms with Gasteiger partial charge in [-0.05, 0) is 55.7 Å². The van der Waals surface area contributed by atoms with Crippen molar-refractivity contribution in [1.82, 2.24) is 4.31 Å². The molecule has 8 heteroatoms. The first-order valence-electron chi connectivity index (χ1n) is 9.03. The number of halogens is 1. The first kappa shape index (κ1) is 20.6. The van der Waals surface area contributed by atoms with Crippen LogP contribution in [0.2, 0.25) is 5.02 Å². The molecule has 3 rings (SSSR count). The van der Waals surface area contributed by atoms with Gasteiger partial charge in [0.05, 0.1) is 28.6 Å². The zero-order chi connectivity index (χ0) is 20.3. The lowest BCUT2D eigenvalue weighted by molar-refractivity contribution is -0.120. The van der Waals surface area contributed by atoms with Crippen LogP contribution >= 0.6 is 11.6 Å². The molecule has 0 radical (unpaired) electrons. The van der Waals surface area contributed by atoms with Gasteiger partial charge in [-0.1, -0.05) is 23.7 Å². The van der Waals surface area contributed by atoms with Crippen molar-refractivity contribution in [2.75, 3.05) is 25.5 Å². The summed E-state index contributed by atoms with van der Waals surface area (Å²) >= 11 is 6.10. The Morgan fingerprint density at radius 2 is 2.00 bits per heavy atom. The average Bonchev–Trinajstić information content (AvgIpc) is 2.69. The molecule has 0 saturated carbocycles. The standard InChI is InChI=1S/C20H23ClN2O4S/c1-14-12-16(9-10-19(14)27-2)28(25,26)23-11-5-6-15(13-23)20(24)22-18-8-4-3-7-17(18)21/h3-4,7-10,12,15H,5-6,11,13H2,1-2H3,(H,22,24)/t15-/m0/s1. The van der Waals surface area contributed by atoms with Crippen molar-refractivity contribution in [2.45, 2.75) is 24.7 Å². The predicted molar refractivity (Wildman–Crippen MR) is 109 cm³/mol. The maximum Gasteiger partial charge on any atom is 0.243 e. The largest absolute Gasteiger partial charge is 0.496 e. The van der Waals surface area contributed by atoms with Crippen LogP contribution in [-0.4, -0.2) is 38.8 Å². The lowest BCUT2D eigenvalue weighted by Gasteiger charge is -2.31. The van der Waals surface area contributed by atoms with E-state index in [4.69, 9.17) is 16.3 Å². The number of nitrogens with zero attached hydrogens (tertiary/aromatic N) is 1. The first-order valence-corrected chi connectivity index (χ1v) is 10.8. The van der Waals surface area contributed by atoms with E-state index in [1.807, 2.05) is 0 Å². The molecule has 0 bridgehead atoms. The molecule has 1 atom stereocenters. The molecular weight excluding hydrogens is 400 g/mol. The molecule has 0 aliphatic carbocycles. The van der Waals surface area contributed by atoms with Gasteiger partial charge in [0, 0.05) is 13.1 Å². The number of sulfonamides is 1. The molecule has 1 saturated heterocycles. The van der Waals surface area contributed by atoms with Crippen molar-refractivity contribution >= 4 is 33.2 Å². The lowest BCUT2D eigenvalue weighted by Crippen LogP contribution is -2.43. The number of methoxy groups -OCH3 is 1. The van der Waals surface area contributed by atoms with Gasteiger partial charge in [0.25, 0.3) is 0 Å². The Hall–Kier alpha value is -2.09. The second kappa shape index (κ2) is 8.51. The molecular formula is C20H23ClN2O4S. The summed E-state index contributed by atoms with van der Waals surface area (Å²) in [6.45, 7) is 2.33. The fraction of sp³-hybridized carbons (Fsp3) is 0.350. The number of piperidine rings is 1. The number of hydrogen-bond acceptors (Lipinski definition) is 4. The summed E-state index contributed by atoms with van der Waals surface area (Å²) in [6.07, 6.45) is 1.25. The van der Waals surface area contributed by atoms with E-state index in [9.17, 15) is 13.2 Å². The molecule has 6 nitrogen and oxygen atoms in total. The average molecular weight is 423 g/mol. The summed E-state index contributed by atoms with van der Waals surface area (Å²) in [5, 5.41) is 3.26. The van der Waals surface area contributed by atoms with Gasteiger partial charge < -0.3 is 10.1 Å². The highest BCUT2D eigenvalue weighted by Crippen LogP contribution is 2.28. The SMILES string of the molecule is COc1ccc(S(=O)(=O)N2CCC[C@H](C(=O)Nc3ccccc3Cl)C2)cc1C. The van der Waals surface area contributed by atoms with Crippen LogP contribution in [0.4, 0.5) is 5.69 Å². The van der Waals surface area contributed by atoms with Crippen molar-refractivity contribution in [3.05, 3.63) is 53.1 Å². The molecule has 1 heterocycles. The van der Waals surface area contributed by atoms with Crippen molar-refractivity contribution in [3.63, 3.8) is 0 Å². The Bertz CT molecular complexity index is 978.